The first-order chi connectivity index (χ1) is 8.31. The van der Waals surface area contributed by atoms with E-state index >= 15 is 0 Å². The molecule has 0 unspecified atom stereocenters. The normalized spacial score (nSPS) is 23.8. The van der Waals surface area contributed by atoms with Gasteiger partial charge in [-0.25, -0.2) is 0 Å². The van der Waals surface area contributed by atoms with E-state index in [9.17, 15) is 0 Å². The molecule has 2 fully saturated rings. The zero-order valence-electron chi connectivity index (χ0n) is 10.5. The van der Waals surface area contributed by atoms with Crippen LogP contribution in [-0.4, -0.2) is 22.7 Å². The quantitative estimate of drug-likeness (QED) is 0.870. The van der Waals surface area contributed by atoms with Gasteiger partial charge in [0, 0.05) is 17.9 Å². The van der Waals surface area contributed by atoms with Crippen molar-refractivity contribution in [2.24, 2.45) is 0 Å². The van der Waals surface area contributed by atoms with Crippen LogP contribution in [0.3, 0.4) is 0 Å². The molecular weight excluding hydrogens is 214 g/mol. The lowest BCUT2D eigenvalue weighted by Crippen LogP contribution is -2.46. The Morgan fingerprint density at radius 1 is 1.29 bits per heavy atom. The number of aromatic nitrogens is 2. The third-order valence-electron chi connectivity index (χ3n) is 4.26. The molecule has 4 nitrogen and oxygen atoms in total. The van der Waals surface area contributed by atoms with Crippen LogP contribution in [0, 0.1) is 0 Å². The highest BCUT2D eigenvalue weighted by molar-refractivity contribution is 5.05. The number of rotatable bonds is 4. The van der Waals surface area contributed by atoms with Crippen molar-refractivity contribution in [3.05, 3.63) is 11.7 Å². The van der Waals surface area contributed by atoms with Crippen molar-refractivity contribution < 1.29 is 4.52 Å². The molecule has 1 heterocycles. The van der Waals surface area contributed by atoms with Crippen molar-refractivity contribution >= 4 is 0 Å². The van der Waals surface area contributed by atoms with E-state index in [1.54, 1.807) is 0 Å². The van der Waals surface area contributed by atoms with E-state index in [0.717, 1.165) is 18.1 Å². The van der Waals surface area contributed by atoms with Crippen LogP contribution >= 0.6 is 0 Å². The number of nitrogens with one attached hydrogen (secondary N) is 1. The van der Waals surface area contributed by atoms with Crippen molar-refractivity contribution in [2.75, 3.05) is 7.05 Å². The lowest BCUT2D eigenvalue weighted by atomic mass is 9.79. The van der Waals surface area contributed by atoms with Crippen LogP contribution in [0.25, 0.3) is 0 Å². The second-order valence-corrected chi connectivity index (χ2v) is 5.59. The van der Waals surface area contributed by atoms with Crippen LogP contribution in [0.4, 0.5) is 0 Å². The highest BCUT2D eigenvalue weighted by atomic mass is 16.5. The summed E-state index contributed by atoms with van der Waals surface area (Å²) in [7, 11) is 2.06. The maximum absolute atomic E-state index is 5.39. The highest BCUT2D eigenvalue weighted by Crippen LogP contribution is 2.38. The van der Waals surface area contributed by atoms with Gasteiger partial charge in [-0.05, 0) is 32.7 Å². The summed E-state index contributed by atoms with van der Waals surface area (Å²) in [5, 5.41) is 7.59. The van der Waals surface area contributed by atoms with E-state index in [0.29, 0.717) is 5.92 Å². The van der Waals surface area contributed by atoms with Crippen molar-refractivity contribution in [3.63, 3.8) is 0 Å². The topological polar surface area (TPSA) is 51.0 Å². The average Bonchev–Trinajstić information content (AvgIpc) is 3.12. The Morgan fingerprint density at radius 3 is 2.71 bits per heavy atom. The van der Waals surface area contributed by atoms with Gasteiger partial charge in [-0.15, -0.1) is 0 Å². The minimum atomic E-state index is 0.200. The molecule has 3 rings (SSSR count). The van der Waals surface area contributed by atoms with Gasteiger partial charge in [0.15, 0.2) is 5.82 Å². The molecule has 0 atom stereocenters. The lowest BCUT2D eigenvalue weighted by molar-refractivity contribution is 0.221. The van der Waals surface area contributed by atoms with Gasteiger partial charge in [0.25, 0.3) is 0 Å². The van der Waals surface area contributed by atoms with Crippen LogP contribution in [0.1, 0.15) is 62.6 Å². The maximum Gasteiger partial charge on any atom is 0.228 e. The average molecular weight is 235 g/mol. The van der Waals surface area contributed by atoms with Gasteiger partial charge in [-0.2, -0.15) is 4.98 Å². The Morgan fingerprint density at radius 2 is 2.06 bits per heavy atom. The molecule has 2 aliphatic carbocycles. The molecule has 1 N–H and O–H groups in total. The molecule has 17 heavy (non-hydrogen) atoms. The summed E-state index contributed by atoms with van der Waals surface area (Å²) < 4.78 is 5.39. The van der Waals surface area contributed by atoms with Gasteiger partial charge in [0.05, 0.1) is 0 Å². The largest absolute Gasteiger partial charge is 0.339 e. The van der Waals surface area contributed by atoms with Gasteiger partial charge in [-0.3, -0.25) is 0 Å². The summed E-state index contributed by atoms with van der Waals surface area (Å²) in [5.74, 6) is 2.34. The minimum Gasteiger partial charge on any atom is -0.339 e. The molecule has 1 aromatic heterocycles. The summed E-state index contributed by atoms with van der Waals surface area (Å²) in [6.45, 7) is 0. The van der Waals surface area contributed by atoms with E-state index < -0.39 is 0 Å². The predicted molar refractivity (Wildman–Crippen MR) is 64.9 cm³/mol. The van der Waals surface area contributed by atoms with Crippen LogP contribution in [0.15, 0.2) is 4.52 Å². The Bertz CT molecular complexity index is 378. The minimum absolute atomic E-state index is 0.200. The van der Waals surface area contributed by atoms with E-state index in [4.69, 9.17) is 4.52 Å². The fourth-order valence-corrected chi connectivity index (χ4v) is 2.88. The van der Waals surface area contributed by atoms with Crippen LogP contribution in [-0.2, 0) is 6.42 Å². The zero-order chi connectivity index (χ0) is 11.7. The summed E-state index contributed by atoms with van der Waals surface area (Å²) in [5.41, 5.74) is 0.200. The Kier molecular flexibility index (Phi) is 2.90. The third-order valence-corrected chi connectivity index (χ3v) is 4.26. The first kappa shape index (κ1) is 11.2. The monoisotopic (exact) mass is 235 g/mol. The molecular formula is C13H21N3O. The van der Waals surface area contributed by atoms with Crippen molar-refractivity contribution in [1.82, 2.24) is 15.5 Å². The van der Waals surface area contributed by atoms with Gasteiger partial charge < -0.3 is 9.84 Å². The summed E-state index contributed by atoms with van der Waals surface area (Å²) in [6, 6.07) is 0. The lowest BCUT2D eigenvalue weighted by Gasteiger charge is -2.36. The van der Waals surface area contributed by atoms with Gasteiger partial charge in [0.2, 0.25) is 5.89 Å². The fourth-order valence-electron chi connectivity index (χ4n) is 2.88. The Hall–Kier alpha value is -0.900. The third kappa shape index (κ3) is 2.37. The first-order valence-electron chi connectivity index (χ1n) is 6.83. The molecule has 0 aromatic carbocycles. The summed E-state index contributed by atoms with van der Waals surface area (Å²) in [4.78, 5) is 4.54. The molecule has 94 valence electrons. The predicted octanol–water partition coefficient (Wildman–Crippen LogP) is 2.41. The SMILES string of the molecule is CNC1(Cc2nc(C3CC3)no2)CCCCC1. The Balaban J connectivity index is 1.70. The second kappa shape index (κ2) is 4.41. The number of nitrogens with zero attached hydrogens (tertiary/aromatic N) is 2. The molecule has 2 saturated carbocycles. The van der Waals surface area contributed by atoms with E-state index in [1.807, 2.05) is 0 Å². The van der Waals surface area contributed by atoms with Crippen LogP contribution in [0.2, 0.25) is 0 Å². The van der Waals surface area contributed by atoms with E-state index in [2.05, 4.69) is 22.5 Å². The Labute approximate surface area is 102 Å². The van der Waals surface area contributed by atoms with E-state index in [1.165, 1.54) is 44.9 Å². The maximum atomic E-state index is 5.39. The molecule has 0 bridgehead atoms. The molecule has 0 amide bonds. The smallest absolute Gasteiger partial charge is 0.228 e. The molecule has 0 aliphatic heterocycles. The summed E-state index contributed by atoms with van der Waals surface area (Å²) >= 11 is 0. The summed E-state index contributed by atoms with van der Waals surface area (Å²) in [6.07, 6.45) is 9.79. The number of hydrogen-bond donors (Lipinski definition) is 1. The number of hydrogen-bond acceptors (Lipinski definition) is 4. The van der Waals surface area contributed by atoms with Crippen LogP contribution in [0.5, 0.6) is 0 Å². The molecule has 0 saturated heterocycles. The van der Waals surface area contributed by atoms with Crippen molar-refractivity contribution in [2.45, 2.75) is 62.8 Å². The standard InChI is InChI=1S/C13H21N3O/c1-14-13(7-3-2-4-8-13)9-11-15-12(16-17-11)10-5-6-10/h10,14H,2-9H2,1H3. The first-order valence-corrected chi connectivity index (χ1v) is 6.83. The second-order valence-electron chi connectivity index (χ2n) is 5.59. The molecule has 1 aromatic rings. The van der Waals surface area contributed by atoms with Gasteiger partial charge in [0.1, 0.15) is 0 Å². The molecule has 0 spiro atoms. The van der Waals surface area contributed by atoms with Gasteiger partial charge >= 0.3 is 0 Å². The molecule has 2 aliphatic rings. The zero-order valence-corrected chi connectivity index (χ0v) is 10.5. The van der Waals surface area contributed by atoms with Gasteiger partial charge in [-0.1, -0.05) is 24.4 Å². The van der Waals surface area contributed by atoms with Crippen LogP contribution < -0.4 is 5.32 Å². The highest BCUT2D eigenvalue weighted by Gasteiger charge is 2.34. The van der Waals surface area contributed by atoms with Crippen molar-refractivity contribution in [3.8, 4) is 0 Å². The van der Waals surface area contributed by atoms with E-state index in [-0.39, 0.29) is 5.54 Å². The number of likely N-dealkylation sites (N-methyl/N-ethyl adjacent to an activating group) is 1. The van der Waals surface area contributed by atoms with Crippen molar-refractivity contribution in [1.29, 1.82) is 0 Å². The fraction of sp³-hybridized carbons (Fsp3) is 0.846. The molecule has 0 radical (unpaired) electrons. The molecule has 4 heteroatoms.